The maximum absolute atomic E-state index is 13.8. The maximum Gasteiger partial charge on any atom is 0.522 e. The van der Waals surface area contributed by atoms with Crippen molar-refractivity contribution in [3.05, 3.63) is 46.5 Å². The number of hydrogen-bond acceptors (Lipinski definition) is 5. The molecule has 1 aliphatic heterocycles. The molecular formula is C23H22ClF4N3O4. The van der Waals surface area contributed by atoms with Crippen LogP contribution in [0.2, 0.25) is 5.02 Å². The molecule has 188 valence electrons. The van der Waals surface area contributed by atoms with Gasteiger partial charge in [-0.1, -0.05) is 11.6 Å². The molecule has 0 saturated heterocycles. The maximum atomic E-state index is 13.8. The summed E-state index contributed by atoms with van der Waals surface area (Å²) in [5, 5.41) is 17.7. The van der Waals surface area contributed by atoms with Crippen LogP contribution in [0.5, 0.6) is 5.75 Å². The van der Waals surface area contributed by atoms with Gasteiger partial charge in [0.1, 0.15) is 11.6 Å². The summed E-state index contributed by atoms with van der Waals surface area (Å²) in [6, 6.07) is 2.38. The van der Waals surface area contributed by atoms with Gasteiger partial charge in [0, 0.05) is 29.8 Å². The van der Waals surface area contributed by atoms with Crippen LogP contribution in [0.15, 0.2) is 24.5 Å². The standard InChI is InChI=1S/C23H22ClF4N3O4/c24-15-3-14-17(32)5-19(34-18(14)4-16(15)25)20(33)30-21-8-22(9-21,10-21)31-7-12(6-29-31)11-1-13(2-11)35-23(26,27)28/h3-4,6-7,11,13,17,19,32H,1-2,5,8-10H2,(H,30,33)/t11?,13?,17-,19+,21?,22?/m1/s1. The van der Waals surface area contributed by atoms with Gasteiger partial charge in [-0.2, -0.15) is 5.10 Å². The number of carbonyl (C=O) groups excluding carboxylic acids is 1. The van der Waals surface area contributed by atoms with Crippen LogP contribution in [0, 0.1) is 5.82 Å². The van der Waals surface area contributed by atoms with Crippen molar-refractivity contribution >= 4 is 17.5 Å². The minimum Gasteiger partial charge on any atom is -0.480 e. The number of aromatic nitrogens is 2. The minimum absolute atomic E-state index is 0.00501. The van der Waals surface area contributed by atoms with Crippen molar-refractivity contribution in [2.24, 2.45) is 0 Å². The third-order valence-corrected chi connectivity index (χ3v) is 8.05. The van der Waals surface area contributed by atoms with Crippen LogP contribution in [0.1, 0.15) is 61.7 Å². The fraction of sp³-hybridized carbons (Fsp3) is 0.565. The molecule has 2 atom stereocenters. The first-order chi connectivity index (χ1) is 16.4. The number of fused-ring (bicyclic) bond motifs is 1. The molecule has 35 heavy (non-hydrogen) atoms. The van der Waals surface area contributed by atoms with E-state index in [4.69, 9.17) is 16.3 Å². The van der Waals surface area contributed by atoms with Gasteiger partial charge in [0.05, 0.1) is 29.0 Å². The van der Waals surface area contributed by atoms with Crippen molar-refractivity contribution in [1.82, 2.24) is 15.1 Å². The van der Waals surface area contributed by atoms with E-state index in [0.29, 0.717) is 37.7 Å². The van der Waals surface area contributed by atoms with E-state index in [2.05, 4.69) is 15.2 Å². The SMILES string of the molecule is O=C(NC12CC(n3cc(C4CC(OC(F)(F)F)C4)cn3)(C1)C2)[C@@H]1C[C@@H](O)c2cc(Cl)c(F)cc2O1. The third-order valence-electron chi connectivity index (χ3n) is 7.76. The molecule has 0 unspecified atom stereocenters. The lowest BCUT2D eigenvalue weighted by atomic mass is 9.44. The van der Waals surface area contributed by atoms with Crippen LogP contribution in [0.25, 0.3) is 0 Å². The average Bonchev–Trinajstić information content (AvgIpc) is 3.15. The van der Waals surface area contributed by atoms with Crippen molar-refractivity contribution in [3.8, 4) is 5.75 Å². The second-order valence-electron chi connectivity index (χ2n) is 10.3. The first kappa shape index (κ1) is 23.1. The van der Waals surface area contributed by atoms with Gasteiger partial charge in [0.25, 0.3) is 5.91 Å². The molecule has 1 aromatic heterocycles. The summed E-state index contributed by atoms with van der Waals surface area (Å²) in [4.78, 5) is 12.9. The molecule has 0 spiro atoms. The van der Waals surface area contributed by atoms with E-state index >= 15 is 0 Å². The first-order valence-corrected chi connectivity index (χ1v) is 11.8. The highest BCUT2D eigenvalue weighted by molar-refractivity contribution is 6.30. The Morgan fingerprint density at radius 1 is 1.26 bits per heavy atom. The Morgan fingerprint density at radius 2 is 1.97 bits per heavy atom. The smallest absolute Gasteiger partial charge is 0.480 e. The van der Waals surface area contributed by atoms with E-state index in [9.17, 15) is 27.5 Å². The van der Waals surface area contributed by atoms with Gasteiger partial charge in [-0.3, -0.25) is 14.2 Å². The van der Waals surface area contributed by atoms with Crippen LogP contribution in [-0.4, -0.2) is 44.9 Å². The fourth-order valence-electron chi connectivity index (χ4n) is 5.98. The molecule has 2 heterocycles. The van der Waals surface area contributed by atoms with Crippen molar-refractivity contribution in [2.45, 2.75) is 80.2 Å². The van der Waals surface area contributed by atoms with Gasteiger partial charge in [0.15, 0.2) is 6.10 Å². The molecule has 2 N–H and O–H groups in total. The molecule has 2 aromatic rings. The molecule has 12 heteroatoms. The predicted molar refractivity (Wildman–Crippen MR) is 113 cm³/mol. The number of alkyl halides is 3. The van der Waals surface area contributed by atoms with Crippen LogP contribution in [-0.2, 0) is 15.1 Å². The Morgan fingerprint density at radius 3 is 2.66 bits per heavy atom. The molecule has 2 bridgehead atoms. The Hall–Kier alpha value is -2.37. The highest BCUT2D eigenvalue weighted by Crippen LogP contribution is 2.65. The Kier molecular flexibility index (Phi) is 4.98. The molecule has 1 aromatic carbocycles. The molecule has 4 aliphatic carbocycles. The zero-order valence-electron chi connectivity index (χ0n) is 18.3. The minimum atomic E-state index is -4.61. The van der Waals surface area contributed by atoms with Crippen molar-refractivity contribution < 1.29 is 36.9 Å². The van der Waals surface area contributed by atoms with Crippen molar-refractivity contribution in [1.29, 1.82) is 0 Å². The summed E-state index contributed by atoms with van der Waals surface area (Å²) >= 11 is 5.78. The highest BCUT2D eigenvalue weighted by atomic mass is 35.5. The Bertz CT molecular complexity index is 1180. The van der Waals surface area contributed by atoms with Crippen LogP contribution < -0.4 is 10.1 Å². The predicted octanol–water partition coefficient (Wildman–Crippen LogP) is 4.09. The van der Waals surface area contributed by atoms with Crippen LogP contribution in [0.4, 0.5) is 17.6 Å². The largest absolute Gasteiger partial charge is 0.522 e. The number of halogens is 5. The van der Waals surface area contributed by atoms with E-state index in [1.54, 1.807) is 6.20 Å². The first-order valence-electron chi connectivity index (χ1n) is 11.4. The van der Waals surface area contributed by atoms with Gasteiger partial charge < -0.3 is 15.2 Å². The van der Waals surface area contributed by atoms with Gasteiger partial charge in [-0.25, -0.2) is 4.39 Å². The number of nitrogens with zero attached hydrogens (tertiary/aromatic N) is 2. The summed E-state index contributed by atoms with van der Waals surface area (Å²) in [7, 11) is 0. The molecule has 4 saturated carbocycles. The number of hydrogen-bond donors (Lipinski definition) is 2. The van der Waals surface area contributed by atoms with E-state index in [1.165, 1.54) is 6.07 Å². The third kappa shape index (κ3) is 3.88. The molecule has 7 rings (SSSR count). The topological polar surface area (TPSA) is 85.6 Å². The van der Waals surface area contributed by atoms with E-state index in [-0.39, 0.29) is 40.1 Å². The molecular weight excluding hydrogens is 494 g/mol. The quantitative estimate of drug-likeness (QED) is 0.586. The molecule has 4 fully saturated rings. The van der Waals surface area contributed by atoms with E-state index in [0.717, 1.165) is 11.6 Å². The number of rotatable bonds is 5. The summed E-state index contributed by atoms with van der Waals surface area (Å²) in [5.74, 6) is -0.967. The lowest BCUT2D eigenvalue weighted by molar-refractivity contribution is -0.351. The van der Waals surface area contributed by atoms with Gasteiger partial charge in [-0.15, -0.1) is 13.2 Å². The number of benzene rings is 1. The number of nitrogens with one attached hydrogen (secondary N) is 1. The summed E-state index contributed by atoms with van der Waals surface area (Å²) < 4.78 is 62.4. The fourth-order valence-corrected chi connectivity index (χ4v) is 6.15. The molecule has 7 nitrogen and oxygen atoms in total. The number of aliphatic hydroxyl groups is 1. The van der Waals surface area contributed by atoms with Crippen LogP contribution in [0.3, 0.4) is 0 Å². The summed E-state index contributed by atoms with van der Waals surface area (Å²) in [6.45, 7) is 0. The lowest BCUT2D eigenvalue weighted by Crippen LogP contribution is -2.79. The average molecular weight is 516 g/mol. The van der Waals surface area contributed by atoms with Gasteiger partial charge >= 0.3 is 6.36 Å². The summed E-state index contributed by atoms with van der Waals surface area (Å²) in [6.07, 6.45) is -1.12. The number of ether oxygens (including phenoxy) is 2. The van der Waals surface area contributed by atoms with E-state index in [1.807, 2.05) is 10.9 Å². The monoisotopic (exact) mass is 515 g/mol. The number of aliphatic hydroxyl groups excluding tert-OH is 1. The Balaban J connectivity index is 1.04. The lowest BCUT2D eigenvalue weighted by Gasteiger charge is -2.70. The zero-order valence-corrected chi connectivity index (χ0v) is 19.1. The summed E-state index contributed by atoms with van der Waals surface area (Å²) in [5.41, 5.74) is 0.648. The van der Waals surface area contributed by atoms with E-state index < -0.39 is 30.5 Å². The number of amides is 1. The number of carbonyl (C=O) groups is 1. The molecule has 0 radical (unpaired) electrons. The second kappa shape index (κ2) is 7.57. The Labute approximate surface area is 202 Å². The van der Waals surface area contributed by atoms with Crippen molar-refractivity contribution in [2.75, 3.05) is 0 Å². The van der Waals surface area contributed by atoms with Gasteiger partial charge in [0.2, 0.25) is 0 Å². The van der Waals surface area contributed by atoms with Gasteiger partial charge in [-0.05, 0) is 49.7 Å². The molecule has 1 amide bonds. The zero-order chi connectivity index (χ0) is 24.8. The normalized spacial score (nSPS) is 35.1. The van der Waals surface area contributed by atoms with Crippen molar-refractivity contribution in [3.63, 3.8) is 0 Å². The highest BCUT2D eigenvalue weighted by Gasteiger charge is 2.70. The van der Waals surface area contributed by atoms with Crippen LogP contribution >= 0.6 is 11.6 Å². The molecule has 5 aliphatic rings. The second-order valence-corrected chi connectivity index (χ2v) is 10.7.